The van der Waals surface area contributed by atoms with Gasteiger partial charge in [0.2, 0.25) is 5.91 Å². The first-order chi connectivity index (χ1) is 11.6. The normalized spacial score (nSPS) is 20.2. The fourth-order valence-corrected chi connectivity index (χ4v) is 3.86. The maximum Gasteiger partial charge on any atom is 0.234 e. The highest BCUT2D eigenvalue weighted by atomic mass is 35.5. The number of rotatable bonds is 4. The first kappa shape index (κ1) is 17.8. The van der Waals surface area contributed by atoms with Crippen LogP contribution in [0.1, 0.15) is 32.1 Å². The molecule has 0 spiro atoms. The predicted molar refractivity (Wildman–Crippen MR) is 100 cm³/mol. The molecule has 3 rings (SSSR count). The molecule has 1 saturated heterocycles. The molecule has 6 heteroatoms. The Bertz CT molecular complexity index is 567. The molecule has 1 aliphatic carbocycles. The van der Waals surface area contributed by atoms with Crippen LogP contribution in [0.5, 0.6) is 0 Å². The zero-order valence-corrected chi connectivity index (χ0v) is 15.5. The molecule has 1 saturated carbocycles. The van der Waals surface area contributed by atoms with E-state index in [0.29, 0.717) is 22.6 Å². The number of carbonyl (C=O) groups is 1. The van der Waals surface area contributed by atoms with Gasteiger partial charge in [0.05, 0.1) is 16.6 Å². The molecule has 1 heterocycles. The van der Waals surface area contributed by atoms with E-state index in [9.17, 15) is 4.79 Å². The van der Waals surface area contributed by atoms with Gasteiger partial charge >= 0.3 is 0 Å². The van der Waals surface area contributed by atoms with Gasteiger partial charge in [0.1, 0.15) is 0 Å². The second kappa shape index (κ2) is 8.41. The Morgan fingerprint density at radius 2 is 1.75 bits per heavy atom. The average Bonchev–Trinajstić information content (AvgIpc) is 2.59. The van der Waals surface area contributed by atoms with Crippen molar-refractivity contribution in [2.24, 2.45) is 0 Å². The van der Waals surface area contributed by atoms with E-state index < -0.39 is 0 Å². The maximum atomic E-state index is 12.2. The lowest BCUT2D eigenvalue weighted by atomic mass is 9.95. The van der Waals surface area contributed by atoms with Crippen molar-refractivity contribution in [1.29, 1.82) is 0 Å². The zero-order valence-electron chi connectivity index (χ0n) is 13.9. The molecule has 24 heavy (non-hydrogen) atoms. The van der Waals surface area contributed by atoms with Crippen molar-refractivity contribution in [1.82, 2.24) is 10.2 Å². The van der Waals surface area contributed by atoms with E-state index in [1.807, 2.05) is 18.2 Å². The molecule has 2 aliphatic rings. The summed E-state index contributed by atoms with van der Waals surface area (Å²) in [6, 6.07) is 6.14. The van der Waals surface area contributed by atoms with E-state index in [1.165, 1.54) is 19.3 Å². The van der Waals surface area contributed by atoms with Crippen molar-refractivity contribution < 1.29 is 4.79 Å². The SMILES string of the molecule is O=C(CN1CCN(c2ccc(Cl)c(Cl)c2)CC1)NC1CCCCC1. The lowest BCUT2D eigenvalue weighted by molar-refractivity contribution is -0.123. The Hall–Kier alpha value is -0.970. The zero-order chi connectivity index (χ0) is 16.9. The number of benzene rings is 1. The molecule has 132 valence electrons. The molecule has 0 bridgehead atoms. The van der Waals surface area contributed by atoms with Crippen LogP contribution in [0.4, 0.5) is 5.69 Å². The van der Waals surface area contributed by atoms with Gasteiger partial charge in [-0.05, 0) is 31.0 Å². The van der Waals surface area contributed by atoms with Crippen molar-refractivity contribution in [3.05, 3.63) is 28.2 Å². The second-order valence-electron chi connectivity index (χ2n) is 6.76. The summed E-state index contributed by atoms with van der Waals surface area (Å²) in [6.45, 7) is 4.08. The molecule has 1 aliphatic heterocycles. The van der Waals surface area contributed by atoms with Crippen molar-refractivity contribution in [2.75, 3.05) is 37.6 Å². The van der Waals surface area contributed by atoms with Gasteiger partial charge in [0, 0.05) is 37.9 Å². The molecule has 1 amide bonds. The first-order valence-electron chi connectivity index (χ1n) is 8.83. The van der Waals surface area contributed by atoms with Crippen LogP contribution in [-0.2, 0) is 4.79 Å². The predicted octanol–water partition coefficient (Wildman–Crippen LogP) is 3.56. The van der Waals surface area contributed by atoms with Gasteiger partial charge in [-0.1, -0.05) is 42.5 Å². The highest BCUT2D eigenvalue weighted by molar-refractivity contribution is 6.42. The molecule has 0 unspecified atom stereocenters. The van der Waals surface area contributed by atoms with E-state index in [4.69, 9.17) is 23.2 Å². The number of hydrogen-bond donors (Lipinski definition) is 1. The minimum atomic E-state index is 0.171. The van der Waals surface area contributed by atoms with Gasteiger partial charge in [-0.25, -0.2) is 0 Å². The summed E-state index contributed by atoms with van der Waals surface area (Å²) >= 11 is 12.1. The van der Waals surface area contributed by atoms with Crippen molar-refractivity contribution in [3.63, 3.8) is 0 Å². The average molecular weight is 370 g/mol. The van der Waals surface area contributed by atoms with Crippen LogP contribution < -0.4 is 10.2 Å². The fraction of sp³-hybridized carbons (Fsp3) is 0.611. The summed E-state index contributed by atoms with van der Waals surface area (Å²) in [5.74, 6) is 0.171. The quantitative estimate of drug-likeness (QED) is 0.880. The summed E-state index contributed by atoms with van der Waals surface area (Å²) in [6.07, 6.45) is 6.07. The van der Waals surface area contributed by atoms with Crippen LogP contribution >= 0.6 is 23.2 Å². The monoisotopic (exact) mass is 369 g/mol. The lowest BCUT2D eigenvalue weighted by Gasteiger charge is -2.36. The van der Waals surface area contributed by atoms with Gasteiger partial charge in [0.25, 0.3) is 0 Å². The van der Waals surface area contributed by atoms with Gasteiger partial charge in [-0.2, -0.15) is 0 Å². The number of nitrogens with one attached hydrogen (secondary N) is 1. The van der Waals surface area contributed by atoms with E-state index in [2.05, 4.69) is 15.1 Å². The lowest BCUT2D eigenvalue weighted by Crippen LogP contribution is -2.50. The van der Waals surface area contributed by atoms with Crippen LogP contribution in [0.3, 0.4) is 0 Å². The molecule has 2 fully saturated rings. The van der Waals surface area contributed by atoms with Crippen LogP contribution in [0.15, 0.2) is 18.2 Å². The van der Waals surface area contributed by atoms with Gasteiger partial charge < -0.3 is 10.2 Å². The van der Waals surface area contributed by atoms with E-state index in [0.717, 1.165) is 44.7 Å². The second-order valence-corrected chi connectivity index (χ2v) is 7.58. The van der Waals surface area contributed by atoms with Crippen LogP contribution in [0, 0.1) is 0 Å². The molecular formula is C18H25Cl2N3O. The highest BCUT2D eigenvalue weighted by Gasteiger charge is 2.21. The standard InChI is InChI=1S/C18H25Cl2N3O/c19-16-7-6-15(12-17(16)20)23-10-8-22(9-11-23)13-18(24)21-14-4-2-1-3-5-14/h6-7,12,14H,1-5,8-11,13H2,(H,21,24). The van der Waals surface area contributed by atoms with E-state index in [-0.39, 0.29) is 5.91 Å². The van der Waals surface area contributed by atoms with Crippen molar-refractivity contribution in [2.45, 2.75) is 38.1 Å². The number of hydrogen-bond acceptors (Lipinski definition) is 3. The smallest absolute Gasteiger partial charge is 0.234 e. The third kappa shape index (κ3) is 4.78. The highest BCUT2D eigenvalue weighted by Crippen LogP contribution is 2.27. The minimum absolute atomic E-state index is 0.171. The number of anilines is 1. The van der Waals surface area contributed by atoms with Crippen LogP contribution in [0.2, 0.25) is 10.0 Å². The molecule has 0 radical (unpaired) electrons. The molecular weight excluding hydrogens is 345 g/mol. The summed E-state index contributed by atoms with van der Waals surface area (Å²) in [5, 5.41) is 4.36. The molecule has 1 N–H and O–H groups in total. The molecule has 0 atom stereocenters. The minimum Gasteiger partial charge on any atom is -0.369 e. The largest absolute Gasteiger partial charge is 0.369 e. The molecule has 1 aromatic rings. The van der Waals surface area contributed by atoms with Gasteiger partial charge in [-0.3, -0.25) is 9.69 Å². The Morgan fingerprint density at radius 3 is 2.42 bits per heavy atom. The number of nitrogens with zero attached hydrogens (tertiary/aromatic N) is 2. The molecule has 4 nitrogen and oxygen atoms in total. The summed E-state index contributed by atoms with van der Waals surface area (Å²) in [7, 11) is 0. The summed E-state index contributed by atoms with van der Waals surface area (Å²) in [4.78, 5) is 16.7. The fourth-order valence-electron chi connectivity index (χ4n) is 3.57. The Balaban J connectivity index is 1.44. The number of carbonyl (C=O) groups excluding carboxylic acids is 1. The maximum absolute atomic E-state index is 12.2. The Morgan fingerprint density at radius 1 is 1.04 bits per heavy atom. The van der Waals surface area contributed by atoms with E-state index >= 15 is 0 Å². The topological polar surface area (TPSA) is 35.6 Å². The summed E-state index contributed by atoms with van der Waals surface area (Å²) in [5.41, 5.74) is 1.09. The molecule has 0 aromatic heterocycles. The van der Waals surface area contributed by atoms with E-state index in [1.54, 1.807) is 0 Å². The van der Waals surface area contributed by atoms with Crippen LogP contribution in [0.25, 0.3) is 0 Å². The third-order valence-electron chi connectivity index (χ3n) is 4.98. The van der Waals surface area contributed by atoms with Gasteiger partial charge in [-0.15, -0.1) is 0 Å². The van der Waals surface area contributed by atoms with Crippen molar-refractivity contribution >= 4 is 34.8 Å². The number of amides is 1. The number of halogens is 2. The Labute approximate surface area is 154 Å². The first-order valence-corrected chi connectivity index (χ1v) is 9.59. The van der Waals surface area contributed by atoms with Gasteiger partial charge in [0.15, 0.2) is 0 Å². The Kier molecular flexibility index (Phi) is 6.25. The number of piperazine rings is 1. The van der Waals surface area contributed by atoms with Crippen molar-refractivity contribution in [3.8, 4) is 0 Å². The third-order valence-corrected chi connectivity index (χ3v) is 5.72. The molecule has 1 aromatic carbocycles. The van der Waals surface area contributed by atoms with Crippen LogP contribution in [-0.4, -0.2) is 49.6 Å². The summed E-state index contributed by atoms with van der Waals surface area (Å²) < 4.78 is 0.